The van der Waals surface area contributed by atoms with E-state index in [9.17, 15) is 18.8 Å². The van der Waals surface area contributed by atoms with Crippen molar-refractivity contribution < 1.29 is 18.8 Å². The van der Waals surface area contributed by atoms with Crippen LogP contribution in [0.3, 0.4) is 0 Å². The summed E-state index contributed by atoms with van der Waals surface area (Å²) >= 11 is 1.39. The van der Waals surface area contributed by atoms with E-state index in [0.717, 1.165) is 25.7 Å². The summed E-state index contributed by atoms with van der Waals surface area (Å²) in [6.45, 7) is 2.82. The summed E-state index contributed by atoms with van der Waals surface area (Å²) in [4.78, 5) is 47.4. The number of piperazine rings is 1. The lowest BCUT2D eigenvalue weighted by Gasteiger charge is -2.39. The molecule has 2 fully saturated rings. The van der Waals surface area contributed by atoms with Crippen molar-refractivity contribution in [3.63, 3.8) is 0 Å². The number of anilines is 1. The molecule has 4 aliphatic rings. The number of nitrogens with zero attached hydrogens (tertiary/aromatic N) is 4. The van der Waals surface area contributed by atoms with Gasteiger partial charge in [0.25, 0.3) is 0 Å². The Labute approximate surface area is 196 Å². The van der Waals surface area contributed by atoms with Crippen LogP contribution in [0.25, 0.3) is 0 Å². The molecule has 1 unspecified atom stereocenters. The molecule has 0 radical (unpaired) electrons. The van der Waals surface area contributed by atoms with Gasteiger partial charge in [0.2, 0.25) is 11.8 Å². The maximum atomic E-state index is 14.1. The van der Waals surface area contributed by atoms with E-state index in [1.54, 1.807) is 18.2 Å². The number of carbonyl (C=O) groups excluding carboxylic acids is 3. The largest absolute Gasteiger partial charge is 0.366 e. The van der Waals surface area contributed by atoms with Crippen molar-refractivity contribution in [2.45, 2.75) is 30.9 Å². The molecule has 5 rings (SSSR count). The Morgan fingerprint density at radius 3 is 2.52 bits per heavy atom. The van der Waals surface area contributed by atoms with Crippen LogP contribution in [0.4, 0.5) is 14.9 Å². The molecule has 0 N–H and O–H groups in total. The van der Waals surface area contributed by atoms with Crippen molar-refractivity contribution in [3.05, 3.63) is 41.6 Å². The molecule has 4 amide bonds. The third-order valence-corrected chi connectivity index (χ3v) is 8.10. The number of hydrogen-bond donors (Lipinski definition) is 0. The predicted molar refractivity (Wildman–Crippen MR) is 126 cm³/mol. The van der Waals surface area contributed by atoms with Crippen LogP contribution in [0, 0.1) is 17.7 Å². The predicted octanol–water partition coefficient (Wildman–Crippen LogP) is 3.31. The van der Waals surface area contributed by atoms with Gasteiger partial charge in [0.15, 0.2) is 0 Å². The molecule has 0 spiro atoms. The molecular weight excluding hydrogens is 443 g/mol. The first-order valence-corrected chi connectivity index (χ1v) is 12.5. The van der Waals surface area contributed by atoms with E-state index in [2.05, 4.69) is 4.99 Å². The summed E-state index contributed by atoms with van der Waals surface area (Å²) in [5.74, 6) is -0.0458. The number of halogens is 1. The standard InChI is InChI=1S/C24H27FN4O3S/c25-18-3-1-2-4-20(18)27-10-12-28(13-11-27)22(30)17-7-5-16(6-8-17)15-29-23(31)21-19(9-14-33-21)26-24(29)32/h1-4,9,14,16-17,21H,5-8,10-13,15H2. The van der Waals surface area contributed by atoms with Crippen LogP contribution in [-0.2, 0) is 9.59 Å². The second kappa shape index (κ2) is 9.29. The minimum atomic E-state index is -0.468. The average Bonchev–Trinajstić information content (AvgIpc) is 3.31. The maximum Gasteiger partial charge on any atom is 0.350 e. The molecule has 1 aromatic rings. The summed E-state index contributed by atoms with van der Waals surface area (Å²) in [5, 5.41) is 1.43. The molecule has 1 aromatic carbocycles. The van der Waals surface area contributed by atoms with Crippen molar-refractivity contribution in [2.75, 3.05) is 37.6 Å². The Bertz CT molecular complexity index is 1010. The van der Waals surface area contributed by atoms with Crippen molar-refractivity contribution >= 4 is 41.0 Å². The lowest BCUT2D eigenvalue weighted by Crippen LogP contribution is -2.51. The minimum Gasteiger partial charge on any atom is -0.366 e. The number of thioether (sulfide) groups is 1. The van der Waals surface area contributed by atoms with E-state index in [1.807, 2.05) is 21.3 Å². The maximum absolute atomic E-state index is 14.1. The lowest BCUT2D eigenvalue weighted by atomic mass is 9.81. The molecule has 3 heterocycles. The van der Waals surface area contributed by atoms with Crippen molar-refractivity contribution in [3.8, 4) is 0 Å². The van der Waals surface area contributed by atoms with E-state index in [4.69, 9.17) is 0 Å². The SMILES string of the molecule is O=C(C1CCC(CN2C(=O)N=C3C=CSC3C2=O)CC1)N1CCN(c2ccccc2F)CC1. The van der Waals surface area contributed by atoms with Gasteiger partial charge in [-0.2, -0.15) is 4.99 Å². The Morgan fingerprint density at radius 2 is 1.79 bits per heavy atom. The zero-order valence-corrected chi connectivity index (χ0v) is 19.2. The summed E-state index contributed by atoms with van der Waals surface area (Å²) in [6.07, 6.45) is 4.89. The first kappa shape index (κ1) is 22.1. The number of imide groups is 1. The number of urea groups is 1. The molecule has 0 aromatic heterocycles. The van der Waals surface area contributed by atoms with Gasteiger partial charge in [-0.25, -0.2) is 9.18 Å². The number of carbonyl (C=O) groups is 3. The molecule has 9 heteroatoms. The number of benzene rings is 1. The first-order valence-electron chi connectivity index (χ1n) is 11.6. The van der Waals surface area contributed by atoms with Gasteiger partial charge < -0.3 is 9.80 Å². The Balaban J connectivity index is 1.11. The molecule has 1 saturated heterocycles. The Kier molecular flexibility index (Phi) is 6.23. The van der Waals surface area contributed by atoms with Crippen LogP contribution in [0.15, 0.2) is 40.7 Å². The molecule has 7 nitrogen and oxygen atoms in total. The quantitative estimate of drug-likeness (QED) is 0.675. The highest BCUT2D eigenvalue weighted by Gasteiger charge is 2.40. The zero-order chi connectivity index (χ0) is 22.9. The van der Waals surface area contributed by atoms with Crippen LogP contribution in [0.5, 0.6) is 0 Å². The van der Waals surface area contributed by atoms with E-state index >= 15 is 0 Å². The summed E-state index contributed by atoms with van der Waals surface area (Å²) in [7, 11) is 0. The fourth-order valence-electron chi connectivity index (χ4n) is 5.18. The van der Waals surface area contributed by atoms with E-state index in [-0.39, 0.29) is 34.7 Å². The molecule has 1 aliphatic carbocycles. The van der Waals surface area contributed by atoms with Gasteiger partial charge >= 0.3 is 6.03 Å². The number of rotatable bonds is 4. The summed E-state index contributed by atoms with van der Waals surface area (Å²) in [5.41, 5.74) is 1.14. The van der Waals surface area contributed by atoms with E-state index in [0.29, 0.717) is 44.1 Å². The topological polar surface area (TPSA) is 73.3 Å². The molecular formula is C24H27FN4O3S. The van der Waals surface area contributed by atoms with Gasteiger partial charge in [-0.05, 0) is 55.2 Å². The van der Waals surface area contributed by atoms with Crippen LogP contribution in [0.1, 0.15) is 25.7 Å². The monoisotopic (exact) mass is 470 g/mol. The van der Waals surface area contributed by atoms with Gasteiger partial charge in [-0.1, -0.05) is 12.1 Å². The zero-order valence-electron chi connectivity index (χ0n) is 18.4. The van der Waals surface area contributed by atoms with Crippen LogP contribution >= 0.6 is 11.8 Å². The van der Waals surface area contributed by atoms with Gasteiger partial charge in [-0.15, -0.1) is 11.8 Å². The van der Waals surface area contributed by atoms with Gasteiger partial charge in [0, 0.05) is 38.6 Å². The van der Waals surface area contributed by atoms with Crippen LogP contribution < -0.4 is 4.90 Å². The fraction of sp³-hybridized carbons (Fsp3) is 0.500. The normalized spacial score (nSPS) is 27.6. The van der Waals surface area contributed by atoms with E-state index in [1.165, 1.54) is 22.7 Å². The van der Waals surface area contributed by atoms with Gasteiger partial charge in [0.1, 0.15) is 11.1 Å². The third kappa shape index (κ3) is 4.43. The molecule has 1 atom stereocenters. The number of aliphatic imine (C=N–C) groups is 1. The smallest absolute Gasteiger partial charge is 0.350 e. The third-order valence-electron chi connectivity index (χ3n) is 7.09. The molecule has 3 aliphatic heterocycles. The Hall–Kier alpha value is -2.68. The highest BCUT2D eigenvalue weighted by Crippen LogP contribution is 2.33. The number of hydrogen-bond acceptors (Lipinski definition) is 5. The molecule has 0 bridgehead atoms. The number of para-hydroxylation sites is 1. The van der Waals surface area contributed by atoms with Crippen molar-refractivity contribution in [1.82, 2.24) is 9.80 Å². The van der Waals surface area contributed by atoms with E-state index < -0.39 is 6.03 Å². The van der Waals surface area contributed by atoms with Crippen molar-refractivity contribution in [1.29, 1.82) is 0 Å². The number of allylic oxidation sites excluding steroid dienone is 1. The second-order valence-electron chi connectivity index (χ2n) is 9.07. The van der Waals surface area contributed by atoms with Crippen molar-refractivity contribution in [2.24, 2.45) is 16.8 Å². The molecule has 33 heavy (non-hydrogen) atoms. The van der Waals surface area contributed by atoms with Crippen LogP contribution in [-0.4, -0.2) is 71.3 Å². The highest BCUT2D eigenvalue weighted by atomic mass is 32.2. The molecule has 1 saturated carbocycles. The summed E-state index contributed by atoms with van der Waals surface area (Å²) < 4.78 is 14.1. The summed E-state index contributed by atoms with van der Waals surface area (Å²) in [6, 6.07) is 6.28. The fourth-order valence-corrected chi connectivity index (χ4v) is 6.07. The second-order valence-corrected chi connectivity index (χ2v) is 10.1. The number of fused-ring (bicyclic) bond motifs is 1. The lowest BCUT2D eigenvalue weighted by molar-refractivity contribution is -0.137. The minimum absolute atomic E-state index is 0.0202. The highest BCUT2D eigenvalue weighted by molar-refractivity contribution is 8.04. The average molecular weight is 471 g/mol. The van der Waals surface area contributed by atoms with Crippen LogP contribution in [0.2, 0.25) is 0 Å². The van der Waals surface area contributed by atoms with Gasteiger partial charge in [-0.3, -0.25) is 14.5 Å². The Morgan fingerprint density at radius 1 is 1.06 bits per heavy atom. The molecule has 174 valence electrons. The number of amides is 4. The first-order chi connectivity index (χ1) is 16.0. The van der Waals surface area contributed by atoms with Gasteiger partial charge in [0.05, 0.1) is 11.4 Å².